The molecule has 1 atom stereocenters. The van der Waals surface area contributed by atoms with Gasteiger partial charge in [-0.3, -0.25) is 4.98 Å². The van der Waals surface area contributed by atoms with E-state index >= 15 is 0 Å². The van der Waals surface area contributed by atoms with Gasteiger partial charge in [0.1, 0.15) is 4.90 Å². The molecular formula is C13H12ClFN2O2S. The second-order valence-corrected chi connectivity index (χ2v) is 6.24. The average molecular weight is 315 g/mol. The molecule has 0 aliphatic carbocycles. The summed E-state index contributed by atoms with van der Waals surface area (Å²) in [6, 6.07) is 8.40. The average Bonchev–Trinajstić information content (AvgIpc) is 2.42. The molecule has 1 N–H and O–H groups in total. The third-order valence-electron chi connectivity index (χ3n) is 2.67. The van der Waals surface area contributed by atoms with Crippen molar-refractivity contribution in [1.82, 2.24) is 9.71 Å². The second kappa shape index (κ2) is 5.87. The van der Waals surface area contributed by atoms with E-state index in [4.69, 9.17) is 11.6 Å². The first kappa shape index (κ1) is 14.9. The van der Waals surface area contributed by atoms with Crippen LogP contribution in [0.15, 0.2) is 47.5 Å². The highest BCUT2D eigenvalue weighted by Crippen LogP contribution is 2.23. The van der Waals surface area contributed by atoms with Gasteiger partial charge in [-0.25, -0.2) is 17.5 Å². The van der Waals surface area contributed by atoms with Crippen LogP contribution in [0, 0.1) is 5.82 Å². The number of pyridine rings is 1. The SMILES string of the molecule is CC(NS(=O)(=O)c1cccc(Cl)c1F)c1ccccn1. The lowest BCUT2D eigenvalue weighted by Gasteiger charge is -2.14. The van der Waals surface area contributed by atoms with Crippen LogP contribution in [0.5, 0.6) is 0 Å². The van der Waals surface area contributed by atoms with Gasteiger partial charge in [0.2, 0.25) is 10.0 Å². The Morgan fingerprint density at radius 3 is 2.65 bits per heavy atom. The molecule has 0 spiro atoms. The second-order valence-electron chi connectivity index (χ2n) is 4.15. The molecule has 0 fully saturated rings. The lowest BCUT2D eigenvalue weighted by Crippen LogP contribution is -2.28. The standard InChI is InChI=1S/C13H12ClFN2O2S/c1-9(11-6-2-3-8-16-11)17-20(18,19)12-7-4-5-10(14)13(12)15/h2-9,17H,1H3. The molecule has 1 aromatic carbocycles. The first-order valence-corrected chi connectivity index (χ1v) is 7.65. The molecule has 7 heteroatoms. The number of aromatic nitrogens is 1. The molecule has 0 bridgehead atoms. The van der Waals surface area contributed by atoms with E-state index in [1.165, 1.54) is 12.1 Å². The Morgan fingerprint density at radius 2 is 2.00 bits per heavy atom. The van der Waals surface area contributed by atoms with Crippen molar-refractivity contribution in [3.63, 3.8) is 0 Å². The minimum atomic E-state index is -4.01. The summed E-state index contributed by atoms with van der Waals surface area (Å²) in [5, 5.41) is -0.238. The smallest absolute Gasteiger partial charge is 0.244 e. The molecular weight excluding hydrogens is 303 g/mol. The molecule has 0 aliphatic rings. The molecule has 106 valence electrons. The normalized spacial score (nSPS) is 13.2. The molecule has 2 rings (SSSR count). The number of hydrogen-bond acceptors (Lipinski definition) is 3. The molecule has 1 unspecified atom stereocenters. The number of nitrogens with one attached hydrogen (secondary N) is 1. The zero-order valence-corrected chi connectivity index (χ0v) is 12.1. The van der Waals surface area contributed by atoms with Crippen LogP contribution in [0.4, 0.5) is 4.39 Å². The van der Waals surface area contributed by atoms with E-state index in [0.29, 0.717) is 5.69 Å². The largest absolute Gasteiger partial charge is 0.260 e. The van der Waals surface area contributed by atoms with Crippen molar-refractivity contribution in [2.45, 2.75) is 17.9 Å². The van der Waals surface area contributed by atoms with E-state index in [2.05, 4.69) is 9.71 Å². The van der Waals surface area contributed by atoms with E-state index in [9.17, 15) is 12.8 Å². The molecule has 1 aromatic heterocycles. The predicted molar refractivity (Wildman–Crippen MR) is 74.4 cm³/mol. The van der Waals surface area contributed by atoms with Gasteiger partial charge < -0.3 is 0 Å². The number of benzene rings is 1. The third kappa shape index (κ3) is 3.15. The van der Waals surface area contributed by atoms with E-state index in [1.807, 2.05) is 0 Å². The fourth-order valence-corrected chi connectivity index (χ4v) is 3.23. The van der Waals surface area contributed by atoms with Crippen molar-refractivity contribution in [3.05, 3.63) is 59.1 Å². The monoisotopic (exact) mass is 314 g/mol. The zero-order valence-electron chi connectivity index (χ0n) is 10.5. The number of rotatable bonds is 4. The Morgan fingerprint density at radius 1 is 1.25 bits per heavy atom. The fraction of sp³-hybridized carbons (Fsp3) is 0.154. The quantitative estimate of drug-likeness (QED) is 0.944. The Labute approximate surface area is 121 Å². The van der Waals surface area contributed by atoms with Gasteiger partial charge in [-0.1, -0.05) is 23.7 Å². The summed E-state index contributed by atoms with van der Waals surface area (Å²) in [4.78, 5) is 3.57. The molecule has 0 radical (unpaired) electrons. The van der Waals surface area contributed by atoms with E-state index < -0.39 is 26.8 Å². The molecule has 4 nitrogen and oxygen atoms in total. The summed E-state index contributed by atoms with van der Waals surface area (Å²) in [6.45, 7) is 1.63. The minimum absolute atomic E-state index is 0.238. The molecule has 0 amide bonds. The van der Waals surface area contributed by atoms with Gasteiger partial charge in [0.25, 0.3) is 0 Å². The number of halogens is 2. The lowest BCUT2D eigenvalue weighted by molar-refractivity contribution is 0.545. The minimum Gasteiger partial charge on any atom is -0.260 e. The van der Waals surface area contributed by atoms with Gasteiger partial charge in [-0.15, -0.1) is 0 Å². The van der Waals surface area contributed by atoms with Crippen molar-refractivity contribution in [1.29, 1.82) is 0 Å². The highest BCUT2D eigenvalue weighted by molar-refractivity contribution is 7.89. The first-order chi connectivity index (χ1) is 9.42. The van der Waals surface area contributed by atoms with E-state index in [-0.39, 0.29) is 5.02 Å². The van der Waals surface area contributed by atoms with Crippen LogP contribution >= 0.6 is 11.6 Å². The van der Waals surface area contributed by atoms with Crippen molar-refractivity contribution in [2.75, 3.05) is 0 Å². The summed E-state index contributed by atoms with van der Waals surface area (Å²) < 4.78 is 40.5. The topological polar surface area (TPSA) is 59.1 Å². The Hall–Kier alpha value is -1.50. The van der Waals surface area contributed by atoms with Crippen LogP contribution in [0.25, 0.3) is 0 Å². The molecule has 20 heavy (non-hydrogen) atoms. The van der Waals surface area contributed by atoms with Crippen molar-refractivity contribution in [2.24, 2.45) is 0 Å². The molecule has 0 saturated carbocycles. The maximum atomic E-state index is 13.8. The molecule has 1 heterocycles. The maximum absolute atomic E-state index is 13.8. The summed E-state index contributed by atoms with van der Waals surface area (Å²) in [5.74, 6) is -0.963. The van der Waals surface area contributed by atoms with Crippen LogP contribution in [-0.4, -0.2) is 13.4 Å². The third-order valence-corrected chi connectivity index (χ3v) is 4.52. The number of sulfonamides is 1. The van der Waals surface area contributed by atoms with E-state index in [1.54, 1.807) is 31.3 Å². The lowest BCUT2D eigenvalue weighted by atomic mass is 10.2. The molecule has 0 saturated heterocycles. The Bertz CT molecular complexity index is 708. The van der Waals surface area contributed by atoms with Gasteiger partial charge in [-0.05, 0) is 31.2 Å². The van der Waals surface area contributed by atoms with Gasteiger partial charge in [0, 0.05) is 6.20 Å². The van der Waals surface area contributed by atoms with Crippen LogP contribution in [0.3, 0.4) is 0 Å². The summed E-state index contributed by atoms with van der Waals surface area (Å²) in [6.07, 6.45) is 1.56. The fourth-order valence-electron chi connectivity index (χ4n) is 1.68. The van der Waals surface area contributed by atoms with Gasteiger partial charge in [0.05, 0.1) is 16.8 Å². The molecule has 0 aliphatic heterocycles. The van der Waals surface area contributed by atoms with E-state index in [0.717, 1.165) is 6.07 Å². The number of hydrogen-bond donors (Lipinski definition) is 1. The Kier molecular flexibility index (Phi) is 4.37. The highest BCUT2D eigenvalue weighted by atomic mass is 35.5. The van der Waals surface area contributed by atoms with Gasteiger partial charge in [0.15, 0.2) is 5.82 Å². The van der Waals surface area contributed by atoms with Crippen molar-refractivity contribution < 1.29 is 12.8 Å². The first-order valence-electron chi connectivity index (χ1n) is 5.79. The van der Waals surface area contributed by atoms with Gasteiger partial charge in [-0.2, -0.15) is 0 Å². The van der Waals surface area contributed by atoms with Crippen LogP contribution in [-0.2, 0) is 10.0 Å². The van der Waals surface area contributed by atoms with Crippen molar-refractivity contribution in [3.8, 4) is 0 Å². The van der Waals surface area contributed by atoms with Crippen LogP contribution in [0.1, 0.15) is 18.7 Å². The summed E-state index contributed by atoms with van der Waals surface area (Å²) in [5.41, 5.74) is 0.540. The number of nitrogens with zero attached hydrogens (tertiary/aromatic N) is 1. The molecule has 2 aromatic rings. The Balaban J connectivity index is 2.30. The predicted octanol–water partition coefficient (Wildman–Crippen LogP) is 2.91. The maximum Gasteiger partial charge on any atom is 0.244 e. The van der Waals surface area contributed by atoms with Crippen LogP contribution < -0.4 is 4.72 Å². The summed E-state index contributed by atoms with van der Waals surface area (Å²) in [7, 11) is -4.01. The van der Waals surface area contributed by atoms with Gasteiger partial charge >= 0.3 is 0 Å². The zero-order chi connectivity index (χ0) is 14.8. The van der Waals surface area contributed by atoms with Crippen molar-refractivity contribution >= 4 is 21.6 Å². The summed E-state index contributed by atoms with van der Waals surface area (Å²) >= 11 is 5.59. The highest BCUT2D eigenvalue weighted by Gasteiger charge is 2.23. The van der Waals surface area contributed by atoms with Crippen LogP contribution in [0.2, 0.25) is 5.02 Å².